The van der Waals surface area contributed by atoms with E-state index in [-0.39, 0.29) is 17.2 Å². The van der Waals surface area contributed by atoms with E-state index in [9.17, 15) is 22.0 Å². The quantitative estimate of drug-likeness (QED) is 0.455. The lowest BCUT2D eigenvalue weighted by molar-refractivity contribution is -0.293. The molecule has 0 radical (unpaired) electrons. The van der Waals surface area contributed by atoms with Crippen LogP contribution in [0.15, 0.2) is 66.7 Å². The third-order valence-electron chi connectivity index (χ3n) is 4.14. The molecule has 0 aliphatic heterocycles. The zero-order chi connectivity index (χ0) is 19.9. The Morgan fingerprint density at radius 1 is 0.714 bits per heavy atom. The van der Waals surface area contributed by atoms with Gasteiger partial charge in [0.25, 0.3) is 0 Å². The van der Waals surface area contributed by atoms with Gasteiger partial charge in [-0.15, -0.1) is 10.2 Å². The van der Waals surface area contributed by atoms with E-state index in [1.807, 2.05) is 0 Å². The van der Waals surface area contributed by atoms with Crippen LogP contribution in [0.25, 0.3) is 28.1 Å². The fourth-order valence-electron chi connectivity index (χ4n) is 2.79. The first kappa shape index (κ1) is 18.0. The predicted molar refractivity (Wildman–Crippen MR) is 92.0 cm³/mol. The van der Waals surface area contributed by atoms with Crippen LogP contribution in [0.2, 0.25) is 0 Å². The highest BCUT2D eigenvalue weighted by Crippen LogP contribution is 2.44. The van der Waals surface area contributed by atoms with Gasteiger partial charge in [0.05, 0.1) is 5.52 Å². The molecule has 0 bridgehead atoms. The lowest BCUT2D eigenvalue weighted by Gasteiger charge is -2.20. The van der Waals surface area contributed by atoms with Gasteiger partial charge in [-0.2, -0.15) is 22.0 Å². The average Bonchev–Trinajstić information content (AvgIpc) is 3.13. The molecule has 0 saturated heterocycles. The van der Waals surface area contributed by atoms with Gasteiger partial charge < -0.3 is 0 Å². The molecule has 4 aromatic rings. The summed E-state index contributed by atoms with van der Waals surface area (Å²) in [6.07, 6.45) is -5.82. The van der Waals surface area contributed by atoms with Crippen molar-refractivity contribution in [2.45, 2.75) is 12.1 Å². The van der Waals surface area contributed by atoms with Gasteiger partial charge in [0.1, 0.15) is 5.69 Å². The van der Waals surface area contributed by atoms with Gasteiger partial charge in [-0.25, -0.2) is 4.98 Å². The van der Waals surface area contributed by atoms with Crippen molar-refractivity contribution in [3.63, 3.8) is 0 Å². The Labute approximate surface area is 155 Å². The van der Waals surface area contributed by atoms with E-state index in [2.05, 4.69) is 15.2 Å². The molecule has 2 aromatic carbocycles. The summed E-state index contributed by atoms with van der Waals surface area (Å²) in [4.78, 5) is 4.34. The van der Waals surface area contributed by atoms with Crippen molar-refractivity contribution in [1.29, 1.82) is 0 Å². The van der Waals surface area contributed by atoms with Gasteiger partial charge in [0.15, 0.2) is 5.82 Å². The monoisotopic (exact) mass is 390 g/mol. The highest BCUT2D eigenvalue weighted by atomic mass is 19.4. The fraction of sp³-hybridized carbons (Fsp3) is 0.105. The number of alkyl halides is 5. The molecule has 0 aliphatic carbocycles. The Kier molecular flexibility index (Phi) is 4.10. The van der Waals surface area contributed by atoms with Crippen molar-refractivity contribution in [2.75, 3.05) is 0 Å². The Balaban J connectivity index is 1.98. The van der Waals surface area contributed by atoms with Gasteiger partial charge in [0, 0.05) is 11.1 Å². The number of para-hydroxylation sites is 2. The summed E-state index contributed by atoms with van der Waals surface area (Å²) in [6.45, 7) is 0. The van der Waals surface area contributed by atoms with E-state index in [4.69, 9.17) is 0 Å². The summed E-state index contributed by atoms with van der Waals surface area (Å²) in [5.41, 5.74) is 0.738. The summed E-state index contributed by atoms with van der Waals surface area (Å²) in [5.74, 6) is -6.92. The third kappa shape index (κ3) is 2.88. The van der Waals surface area contributed by atoms with E-state index < -0.39 is 17.9 Å². The van der Waals surface area contributed by atoms with E-state index in [0.717, 1.165) is 5.39 Å². The number of pyridine rings is 1. The first-order valence-electron chi connectivity index (χ1n) is 8.11. The summed E-state index contributed by atoms with van der Waals surface area (Å²) < 4.78 is 67.9. The topological polar surface area (TPSA) is 43.6 Å². The van der Waals surface area contributed by atoms with Crippen LogP contribution in [-0.4, -0.2) is 25.9 Å². The minimum atomic E-state index is -5.82. The molecule has 0 saturated carbocycles. The van der Waals surface area contributed by atoms with Gasteiger partial charge in [0.2, 0.25) is 5.82 Å². The van der Waals surface area contributed by atoms with Crippen LogP contribution in [0.1, 0.15) is 5.82 Å². The molecule has 0 atom stereocenters. The second-order valence-corrected chi connectivity index (χ2v) is 5.98. The maximum atomic E-state index is 14.1. The van der Waals surface area contributed by atoms with Crippen LogP contribution in [0.3, 0.4) is 0 Å². The number of nitrogens with zero attached hydrogens (tertiary/aromatic N) is 4. The zero-order valence-electron chi connectivity index (χ0n) is 14.0. The largest absolute Gasteiger partial charge is 0.461 e. The molecule has 0 fully saturated rings. The summed E-state index contributed by atoms with van der Waals surface area (Å²) in [6, 6.07) is 17.7. The Morgan fingerprint density at radius 2 is 1.39 bits per heavy atom. The first-order valence-corrected chi connectivity index (χ1v) is 8.11. The summed E-state index contributed by atoms with van der Waals surface area (Å²) >= 11 is 0. The molecule has 4 nitrogen and oxygen atoms in total. The summed E-state index contributed by atoms with van der Waals surface area (Å²) in [5, 5.41) is 7.60. The maximum Gasteiger partial charge on any atom is 0.461 e. The van der Waals surface area contributed by atoms with Crippen molar-refractivity contribution in [3.8, 4) is 17.2 Å². The van der Waals surface area contributed by atoms with E-state index in [1.54, 1.807) is 36.4 Å². The fourth-order valence-corrected chi connectivity index (χ4v) is 2.79. The van der Waals surface area contributed by atoms with Crippen LogP contribution in [0.4, 0.5) is 22.0 Å². The number of fused-ring (bicyclic) bond motifs is 1. The Morgan fingerprint density at radius 3 is 2.11 bits per heavy atom. The van der Waals surface area contributed by atoms with E-state index >= 15 is 0 Å². The number of rotatable bonds is 3. The minimum absolute atomic E-state index is 0.0661. The van der Waals surface area contributed by atoms with Crippen molar-refractivity contribution < 1.29 is 22.0 Å². The van der Waals surface area contributed by atoms with E-state index in [0.29, 0.717) is 10.1 Å². The molecular formula is C19H11F5N4. The highest BCUT2D eigenvalue weighted by molar-refractivity contribution is 5.80. The SMILES string of the molecule is FC(F)(F)C(F)(F)c1nnc(-c2ccc3ccccc3n2)n1-c1ccccc1. The van der Waals surface area contributed by atoms with Gasteiger partial charge >= 0.3 is 12.1 Å². The number of hydrogen-bond donors (Lipinski definition) is 0. The van der Waals surface area contributed by atoms with Crippen molar-refractivity contribution >= 4 is 10.9 Å². The summed E-state index contributed by atoms with van der Waals surface area (Å²) in [7, 11) is 0. The number of aromatic nitrogens is 4. The first-order chi connectivity index (χ1) is 13.3. The van der Waals surface area contributed by atoms with Crippen molar-refractivity contribution in [3.05, 3.63) is 72.6 Å². The van der Waals surface area contributed by atoms with Crippen LogP contribution >= 0.6 is 0 Å². The van der Waals surface area contributed by atoms with Gasteiger partial charge in [-0.1, -0.05) is 42.5 Å². The Hall–Kier alpha value is -3.36. The lowest BCUT2D eigenvalue weighted by atomic mass is 10.2. The van der Waals surface area contributed by atoms with Crippen LogP contribution in [0.5, 0.6) is 0 Å². The molecule has 0 N–H and O–H groups in total. The zero-order valence-corrected chi connectivity index (χ0v) is 14.0. The van der Waals surface area contributed by atoms with Gasteiger partial charge in [-0.05, 0) is 24.3 Å². The van der Waals surface area contributed by atoms with Crippen LogP contribution in [0, 0.1) is 0 Å². The second-order valence-electron chi connectivity index (χ2n) is 5.98. The molecule has 2 heterocycles. The molecule has 0 aliphatic rings. The highest BCUT2D eigenvalue weighted by Gasteiger charge is 2.62. The van der Waals surface area contributed by atoms with E-state index in [1.165, 1.54) is 30.3 Å². The third-order valence-corrected chi connectivity index (χ3v) is 4.14. The molecule has 9 heteroatoms. The van der Waals surface area contributed by atoms with Crippen molar-refractivity contribution in [2.24, 2.45) is 0 Å². The smallest absolute Gasteiger partial charge is 0.272 e. The average molecular weight is 390 g/mol. The number of halogens is 5. The second kappa shape index (κ2) is 6.36. The molecule has 142 valence electrons. The van der Waals surface area contributed by atoms with Crippen molar-refractivity contribution in [1.82, 2.24) is 19.7 Å². The molecular weight excluding hydrogens is 379 g/mol. The molecule has 0 amide bonds. The Bertz CT molecular complexity index is 1140. The molecule has 2 aromatic heterocycles. The predicted octanol–water partition coefficient (Wildman–Crippen LogP) is 5.14. The molecule has 4 rings (SSSR count). The van der Waals surface area contributed by atoms with Crippen LogP contribution < -0.4 is 0 Å². The normalized spacial score (nSPS) is 12.5. The minimum Gasteiger partial charge on any atom is -0.272 e. The van der Waals surface area contributed by atoms with Crippen LogP contribution in [-0.2, 0) is 5.92 Å². The maximum absolute atomic E-state index is 14.1. The number of benzene rings is 2. The lowest BCUT2D eigenvalue weighted by Crippen LogP contribution is -2.36. The van der Waals surface area contributed by atoms with Gasteiger partial charge in [-0.3, -0.25) is 4.57 Å². The molecule has 0 spiro atoms. The molecule has 28 heavy (non-hydrogen) atoms. The number of hydrogen-bond acceptors (Lipinski definition) is 3. The molecule has 0 unspecified atom stereocenters. The standard InChI is InChI=1S/C19H11F5N4/c20-18(21,19(22,23)24)17-27-26-16(28(17)13-7-2-1-3-8-13)15-11-10-12-6-4-5-9-14(12)25-15/h1-11H.